The summed E-state index contributed by atoms with van der Waals surface area (Å²) in [5.74, 6) is 0.812. The number of carbonyl (C=O) groups excluding carboxylic acids is 1. The Labute approximate surface area is 115 Å². The van der Waals surface area contributed by atoms with Crippen LogP contribution >= 0.6 is 12.4 Å². The first-order valence-electron chi connectivity index (χ1n) is 6.57. The van der Waals surface area contributed by atoms with Crippen LogP contribution in [-0.4, -0.2) is 68.2 Å². The minimum atomic E-state index is 0. The lowest BCUT2D eigenvalue weighted by Crippen LogP contribution is -2.48. The van der Waals surface area contributed by atoms with E-state index in [1.807, 2.05) is 4.90 Å². The van der Waals surface area contributed by atoms with Gasteiger partial charge >= 0.3 is 0 Å². The van der Waals surface area contributed by atoms with Gasteiger partial charge < -0.3 is 15.4 Å². The van der Waals surface area contributed by atoms with Gasteiger partial charge in [0.2, 0.25) is 5.91 Å². The van der Waals surface area contributed by atoms with Crippen molar-refractivity contribution in [3.05, 3.63) is 0 Å². The number of morpholine rings is 1. The lowest BCUT2D eigenvalue weighted by atomic mass is 9.98. The second-order valence-corrected chi connectivity index (χ2v) is 4.97. The second kappa shape index (κ2) is 7.94. The molecule has 106 valence electrons. The first kappa shape index (κ1) is 15.7. The number of carbonyl (C=O) groups is 1. The Hall–Kier alpha value is -0.360. The quantitative estimate of drug-likeness (QED) is 0.785. The normalized spacial score (nSPS) is 25.6. The van der Waals surface area contributed by atoms with Crippen LogP contribution in [0.4, 0.5) is 0 Å². The van der Waals surface area contributed by atoms with E-state index in [4.69, 9.17) is 10.5 Å². The molecule has 0 radical (unpaired) electrons. The van der Waals surface area contributed by atoms with Crippen LogP contribution in [0.2, 0.25) is 0 Å². The summed E-state index contributed by atoms with van der Waals surface area (Å²) in [6, 6.07) is 0. The summed E-state index contributed by atoms with van der Waals surface area (Å²) in [5.41, 5.74) is 5.70. The molecule has 0 aromatic carbocycles. The lowest BCUT2D eigenvalue weighted by Gasteiger charge is -2.34. The highest BCUT2D eigenvalue weighted by Crippen LogP contribution is 2.15. The lowest BCUT2D eigenvalue weighted by molar-refractivity contribution is -0.136. The van der Waals surface area contributed by atoms with Crippen LogP contribution in [0.25, 0.3) is 0 Å². The number of amides is 1. The van der Waals surface area contributed by atoms with Crippen molar-refractivity contribution >= 4 is 18.3 Å². The molecular weight excluding hydrogens is 254 g/mol. The van der Waals surface area contributed by atoms with Gasteiger partial charge in [0.25, 0.3) is 0 Å². The molecule has 2 heterocycles. The van der Waals surface area contributed by atoms with Crippen LogP contribution in [0.5, 0.6) is 0 Å². The van der Waals surface area contributed by atoms with Gasteiger partial charge in [0.15, 0.2) is 0 Å². The number of hydrogen-bond donors (Lipinski definition) is 1. The Balaban J connectivity index is 0.00000162. The van der Waals surface area contributed by atoms with E-state index in [0.717, 1.165) is 39.1 Å². The Morgan fingerprint density at radius 2 is 2.00 bits per heavy atom. The van der Waals surface area contributed by atoms with Gasteiger partial charge in [0.05, 0.1) is 19.8 Å². The van der Waals surface area contributed by atoms with E-state index in [-0.39, 0.29) is 18.3 Å². The molecule has 1 atom stereocenters. The van der Waals surface area contributed by atoms with E-state index in [2.05, 4.69) is 4.90 Å². The first-order chi connectivity index (χ1) is 8.29. The SMILES string of the molecule is Cl.NCC1CCCN(CC(=O)N2CCOCC2)C1. The van der Waals surface area contributed by atoms with E-state index in [9.17, 15) is 4.79 Å². The fourth-order valence-corrected chi connectivity index (χ4v) is 2.59. The third-order valence-corrected chi connectivity index (χ3v) is 3.66. The van der Waals surface area contributed by atoms with Crippen molar-refractivity contribution in [3.63, 3.8) is 0 Å². The standard InChI is InChI=1S/C12H23N3O2.ClH/c13-8-11-2-1-3-14(9-11)10-12(16)15-4-6-17-7-5-15;/h11H,1-10,13H2;1H. The first-order valence-corrected chi connectivity index (χ1v) is 6.57. The molecule has 1 unspecified atom stereocenters. The molecule has 18 heavy (non-hydrogen) atoms. The van der Waals surface area contributed by atoms with Crippen molar-refractivity contribution in [2.45, 2.75) is 12.8 Å². The second-order valence-electron chi connectivity index (χ2n) is 4.97. The molecule has 2 fully saturated rings. The van der Waals surface area contributed by atoms with E-state index < -0.39 is 0 Å². The van der Waals surface area contributed by atoms with Crippen LogP contribution in [0.3, 0.4) is 0 Å². The molecule has 5 nitrogen and oxygen atoms in total. The number of ether oxygens (including phenoxy) is 1. The summed E-state index contributed by atoms with van der Waals surface area (Å²) in [5, 5.41) is 0. The van der Waals surface area contributed by atoms with Crippen molar-refractivity contribution in [2.24, 2.45) is 11.7 Å². The maximum atomic E-state index is 12.1. The molecule has 0 aliphatic carbocycles. The molecule has 0 aromatic heterocycles. The zero-order valence-corrected chi connectivity index (χ0v) is 11.7. The fraction of sp³-hybridized carbons (Fsp3) is 0.917. The van der Waals surface area contributed by atoms with Crippen molar-refractivity contribution in [3.8, 4) is 0 Å². The molecule has 2 rings (SSSR count). The molecule has 0 saturated carbocycles. The number of hydrogen-bond acceptors (Lipinski definition) is 4. The number of piperidine rings is 1. The van der Waals surface area contributed by atoms with Crippen LogP contribution in [0, 0.1) is 5.92 Å². The zero-order valence-electron chi connectivity index (χ0n) is 10.8. The summed E-state index contributed by atoms with van der Waals surface area (Å²) in [6.45, 7) is 6.15. The zero-order chi connectivity index (χ0) is 12.1. The number of nitrogens with two attached hydrogens (primary N) is 1. The minimum Gasteiger partial charge on any atom is -0.378 e. The number of rotatable bonds is 3. The Morgan fingerprint density at radius 1 is 1.28 bits per heavy atom. The summed E-state index contributed by atoms with van der Waals surface area (Å²) in [4.78, 5) is 16.2. The molecule has 2 saturated heterocycles. The van der Waals surface area contributed by atoms with Gasteiger partial charge in [0, 0.05) is 19.6 Å². The van der Waals surface area contributed by atoms with Crippen LogP contribution in [-0.2, 0) is 9.53 Å². The highest BCUT2D eigenvalue weighted by Gasteiger charge is 2.23. The third-order valence-electron chi connectivity index (χ3n) is 3.66. The van der Waals surface area contributed by atoms with Gasteiger partial charge in [-0.1, -0.05) is 0 Å². The highest BCUT2D eigenvalue weighted by molar-refractivity contribution is 5.85. The number of nitrogens with zero attached hydrogens (tertiary/aromatic N) is 2. The van der Waals surface area contributed by atoms with Crippen molar-refractivity contribution in [2.75, 3.05) is 52.5 Å². The van der Waals surface area contributed by atoms with Crippen molar-refractivity contribution < 1.29 is 9.53 Å². The molecule has 2 aliphatic heterocycles. The number of halogens is 1. The maximum Gasteiger partial charge on any atom is 0.236 e. The minimum absolute atomic E-state index is 0. The van der Waals surface area contributed by atoms with Gasteiger partial charge in [-0.25, -0.2) is 0 Å². The molecule has 0 bridgehead atoms. The monoisotopic (exact) mass is 277 g/mol. The average Bonchev–Trinajstić information content (AvgIpc) is 2.40. The van der Waals surface area contributed by atoms with Gasteiger partial charge in [-0.05, 0) is 31.8 Å². The van der Waals surface area contributed by atoms with E-state index >= 15 is 0 Å². The summed E-state index contributed by atoms with van der Waals surface area (Å²) >= 11 is 0. The van der Waals surface area contributed by atoms with Crippen LogP contribution in [0.15, 0.2) is 0 Å². The number of likely N-dealkylation sites (tertiary alicyclic amines) is 1. The fourth-order valence-electron chi connectivity index (χ4n) is 2.59. The van der Waals surface area contributed by atoms with Crippen LogP contribution < -0.4 is 5.73 Å². The van der Waals surface area contributed by atoms with Crippen LogP contribution in [0.1, 0.15) is 12.8 Å². The molecule has 2 N–H and O–H groups in total. The van der Waals surface area contributed by atoms with Gasteiger partial charge in [0.1, 0.15) is 0 Å². The molecule has 6 heteroatoms. The van der Waals surface area contributed by atoms with Crippen molar-refractivity contribution in [1.82, 2.24) is 9.80 Å². The Kier molecular flexibility index (Phi) is 6.92. The largest absolute Gasteiger partial charge is 0.378 e. The topological polar surface area (TPSA) is 58.8 Å². The smallest absolute Gasteiger partial charge is 0.236 e. The average molecular weight is 278 g/mol. The third kappa shape index (κ3) is 4.39. The van der Waals surface area contributed by atoms with Gasteiger partial charge in [-0.3, -0.25) is 9.69 Å². The molecule has 0 aromatic rings. The highest BCUT2D eigenvalue weighted by atomic mass is 35.5. The molecular formula is C12H24ClN3O2. The maximum absolute atomic E-state index is 12.1. The van der Waals surface area contributed by atoms with Crippen molar-refractivity contribution in [1.29, 1.82) is 0 Å². The van der Waals surface area contributed by atoms with E-state index in [0.29, 0.717) is 25.7 Å². The molecule has 0 spiro atoms. The van der Waals surface area contributed by atoms with E-state index in [1.165, 1.54) is 6.42 Å². The summed E-state index contributed by atoms with van der Waals surface area (Å²) < 4.78 is 5.25. The van der Waals surface area contributed by atoms with E-state index in [1.54, 1.807) is 0 Å². The molecule has 2 aliphatic rings. The molecule has 1 amide bonds. The Morgan fingerprint density at radius 3 is 2.67 bits per heavy atom. The Bertz CT molecular complexity index is 260. The predicted molar refractivity (Wildman–Crippen MR) is 72.9 cm³/mol. The van der Waals surface area contributed by atoms with Gasteiger partial charge in [-0.15, -0.1) is 12.4 Å². The predicted octanol–water partition coefficient (Wildman–Crippen LogP) is -0.0623. The van der Waals surface area contributed by atoms with Gasteiger partial charge in [-0.2, -0.15) is 0 Å². The summed E-state index contributed by atoms with van der Waals surface area (Å²) in [7, 11) is 0. The summed E-state index contributed by atoms with van der Waals surface area (Å²) in [6.07, 6.45) is 2.37.